The Morgan fingerprint density at radius 2 is 1.35 bits per heavy atom. The summed E-state index contributed by atoms with van der Waals surface area (Å²) in [6.45, 7) is 0. The molecule has 6 heteroatoms. The van der Waals surface area contributed by atoms with Gasteiger partial charge in [0.25, 0.3) is 0 Å². The molecule has 0 aliphatic heterocycles. The SMILES string of the molecule is O=C1c2ccccc2C(=O)c2c1oc(C(=O)c1ccc(Cl)c(Cl)c1)c2-c1ccccc1. The van der Waals surface area contributed by atoms with E-state index in [1.54, 1.807) is 48.5 Å². The van der Waals surface area contributed by atoms with Crippen molar-refractivity contribution in [2.75, 3.05) is 0 Å². The second kappa shape index (κ2) is 7.34. The number of hydrogen-bond donors (Lipinski definition) is 0. The van der Waals surface area contributed by atoms with Crippen molar-refractivity contribution < 1.29 is 18.8 Å². The van der Waals surface area contributed by atoms with Gasteiger partial charge in [0.15, 0.2) is 17.3 Å². The van der Waals surface area contributed by atoms with E-state index >= 15 is 0 Å². The lowest BCUT2D eigenvalue weighted by Crippen LogP contribution is -2.19. The van der Waals surface area contributed by atoms with Crippen molar-refractivity contribution in [3.05, 3.63) is 117 Å². The third-order valence-electron chi connectivity index (χ3n) is 5.21. The molecule has 3 aromatic carbocycles. The lowest BCUT2D eigenvalue weighted by Gasteiger charge is -2.13. The Morgan fingerprint density at radius 1 is 0.710 bits per heavy atom. The van der Waals surface area contributed by atoms with Crippen molar-refractivity contribution in [3.8, 4) is 11.1 Å². The maximum Gasteiger partial charge on any atom is 0.229 e. The van der Waals surface area contributed by atoms with Crippen LogP contribution in [0.2, 0.25) is 10.0 Å². The molecule has 0 amide bonds. The third kappa shape index (κ3) is 3.03. The summed E-state index contributed by atoms with van der Waals surface area (Å²) in [4.78, 5) is 39.9. The van der Waals surface area contributed by atoms with Gasteiger partial charge >= 0.3 is 0 Å². The van der Waals surface area contributed by atoms with Crippen LogP contribution in [0.25, 0.3) is 11.1 Å². The molecule has 1 heterocycles. The normalized spacial score (nSPS) is 12.5. The zero-order valence-corrected chi connectivity index (χ0v) is 17.3. The number of carbonyl (C=O) groups is 3. The van der Waals surface area contributed by atoms with Crippen LogP contribution in [0.15, 0.2) is 77.2 Å². The zero-order valence-electron chi connectivity index (χ0n) is 15.8. The summed E-state index contributed by atoms with van der Waals surface area (Å²) < 4.78 is 5.82. The number of furan rings is 1. The molecule has 1 aliphatic carbocycles. The van der Waals surface area contributed by atoms with Gasteiger partial charge in [0.2, 0.25) is 11.6 Å². The Labute approximate surface area is 187 Å². The van der Waals surface area contributed by atoms with E-state index in [0.29, 0.717) is 16.1 Å². The summed E-state index contributed by atoms with van der Waals surface area (Å²) in [5.74, 6) is -1.52. The molecule has 0 saturated heterocycles. The van der Waals surface area contributed by atoms with E-state index in [-0.39, 0.29) is 44.6 Å². The average molecular weight is 447 g/mol. The number of hydrogen-bond acceptors (Lipinski definition) is 4. The standard InChI is InChI=1S/C25H12Cl2O4/c26-17-11-10-14(12-18(17)27)21(28)24-19(13-6-2-1-3-7-13)20-22(29)15-8-4-5-9-16(15)23(30)25(20)31-24/h1-12H. The molecule has 31 heavy (non-hydrogen) atoms. The average Bonchev–Trinajstić information content (AvgIpc) is 3.20. The lowest BCUT2D eigenvalue weighted by molar-refractivity contribution is 0.0951. The van der Waals surface area contributed by atoms with Crippen LogP contribution in [0.5, 0.6) is 0 Å². The van der Waals surface area contributed by atoms with Crippen LogP contribution in [-0.4, -0.2) is 17.3 Å². The highest BCUT2D eigenvalue weighted by atomic mass is 35.5. The molecule has 0 N–H and O–H groups in total. The van der Waals surface area contributed by atoms with Gasteiger partial charge < -0.3 is 4.42 Å². The Kier molecular flexibility index (Phi) is 4.62. The highest BCUT2D eigenvalue weighted by Crippen LogP contribution is 2.40. The zero-order chi connectivity index (χ0) is 21.7. The number of benzene rings is 3. The van der Waals surface area contributed by atoms with Crippen LogP contribution in [0.4, 0.5) is 0 Å². The minimum absolute atomic E-state index is 0.0934. The summed E-state index contributed by atoms with van der Waals surface area (Å²) >= 11 is 12.1. The van der Waals surface area contributed by atoms with Gasteiger partial charge in [-0.1, -0.05) is 77.8 Å². The summed E-state index contributed by atoms with van der Waals surface area (Å²) in [7, 11) is 0. The fourth-order valence-corrected chi connectivity index (χ4v) is 4.05. The van der Waals surface area contributed by atoms with E-state index < -0.39 is 11.6 Å². The first-order valence-electron chi connectivity index (χ1n) is 9.37. The Balaban J connectivity index is 1.78. The number of carbonyl (C=O) groups excluding carboxylic acids is 3. The molecule has 5 rings (SSSR count). The van der Waals surface area contributed by atoms with E-state index in [9.17, 15) is 14.4 Å². The monoisotopic (exact) mass is 446 g/mol. The van der Waals surface area contributed by atoms with Crippen LogP contribution < -0.4 is 0 Å². The van der Waals surface area contributed by atoms with Gasteiger partial charge in [-0.2, -0.15) is 0 Å². The van der Waals surface area contributed by atoms with Gasteiger partial charge in [0, 0.05) is 22.3 Å². The van der Waals surface area contributed by atoms with E-state index in [1.165, 1.54) is 18.2 Å². The Bertz CT molecular complexity index is 1400. The highest BCUT2D eigenvalue weighted by Gasteiger charge is 2.39. The molecule has 1 aromatic heterocycles. The van der Waals surface area contributed by atoms with E-state index in [0.717, 1.165) is 0 Å². The van der Waals surface area contributed by atoms with Gasteiger partial charge in [-0.3, -0.25) is 14.4 Å². The lowest BCUT2D eigenvalue weighted by atomic mass is 9.84. The van der Waals surface area contributed by atoms with Gasteiger partial charge in [-0.25, -0.2) is 0 Å². The van der Waals surface area contributed by atoms with Crippen molar-refractivity contribution in [2.45, 2.75) is 0 Å². The first kappa shape index (κ1) is 19.5. The molecular weight excluding hydrogens is 435 g/mol. The smallest absolute Gasteiger partial charge is 0.229 e. The summed E-state index contributed by atoms with van der Waals surface area (Å²) in [5, 5.41) is 0.519. The number of halogens is 2. The molecule has 4 aromatic rings. The fourth-order valence-electron chi connectivity index (χ4n) is 3.75. The van der Waals surface area contributed by atoms with Crippen LogP contribution in [-0.2, 0) is 0 Å². The van der Waals surface area contributed by atoms with Gasteiger partial charge in [0.05, 0.1) is 15.6 Å². The second-order valence-corrected chi connectivity index (χ2v) is 7.85. The van der Waals surface area contributed by atoms with Crippen molar-refractivity contribution in [1.29, 1.82) is 0 Å². The van der Waals surface area contributed by atoms with Crippen LogP contribution in [0.3, 0.4) is 0 Å². The topological polar surface area (TPSA) is 64.3 Å². The quantitative estimate of drug-likeness (QED) is 0.306. The minimum Gasteiger partial charge on any atom is -0.448 e. The molecule has 0 atom stereocenters. The first-order chi connectivity index (χ1) is 15.0. The number of rotatable bonds is 3. The predicted octanol–water partition coefficient (Wildman–Crippen LogP) is 6.26. The summed E-state index contributed by atoms with van der Waals surface area (Å²) in [6.07, 6.45) is 0. The minimum atomic E-state index is -0.503. The van der Waals surface area contributed by atoms with Gasteiger partial charge in [-0.05, 0) is 23.8 Å². The maximum absolute atomic E-state index is 13.4. The summed E-state index contributed by atoms with van der Waals surface area (Å²) in [5.41, 5.74) is 1.75. The first-order valence-corrected chi connectivity index (χ1v) is 10.1. The van der Waals surface area contributed by atoms with Crippen molar-refractivity contribution in [3.63, 3.8) is 0 Å². The number of ketones is 3. The molecule has 0 saturated carbocycles. The molecule has 4 nitrogen and oxygen atoms in total. The van der Waals surface area contributed by atoms with Crippen molar-refractivity contribution >= 4 is 40.6 Å². The fraction of sp³-hybridized carbons (Fsp3) is 0. The van der Waals surface area contributed by atoms with E-state index in [2.05, 4.69) is 0 Å². The molecular formula is C25H12Cl2O4. The molecule has 0 spiro atoms. The van der Waals surface area contributed by atoms with Crippen LogP contribution >= 0.6 is 23.2 Å². The molecule has 0 bridgehead atoms. The van der Waals surface area contributed by atoms with E-state index in [1.807, 2.05) is 6.07 Å². The van der Waals surface area contributed by atoms with Gasteiger partial charge in [-0.15, -0.1) is 0 Å². The molecule has 0 unspecified atom stereocenters. The largest absolute Gasteiger partial charge is 0.448 e. The third-order valence-corrected chi connectivity index (χ3v) is 5.95. The van der Waals surface area contributed by atoms with Gasteiger partial charge in [0.1, 0.15) is 0 Å². The Morgan fingerprint density at radius 3 is 2.03 bits per heavy atom. The molecule has 0 radical (unpaired) electrons. The van der Waals surface area contributed by atoms with Crippen molar-refractivity contribution in [2.24, 2.45) is 0 Å². The van der Waals surface area contributed by atoms with Crippen LogP contribution in [0, 0.1) is 0 Å². The highest BCUT2D eigenvalue weighted by molar-refractivity contribution is 6.42. The number of fused-ring (bicyclic) bond motifs is 2. The molecule has 0 fully saturated rings. The van der Waals surface area contributed by atoms with Crippen LogP contribution in [0.1, 0.15) is 48.2 Å². The van der Waals surface area contributed by atoms with Crippen molar-refractivity contribution in [1.82, 2.24) is 0 Å². The Hall–Kier alpha value is -3.47. The second-order valence-electron chi connectivity index (χ2n) is 7.04. The maximum atomic E-state index is 13.4. The summed E-state index contributed by atoms with van der Waals surface area (Å²) in [6, 6.07) is 19.9. The van der Waals surface area contributed by atoms with E-state index in [4.69, 9.17) is 27.6 Å². The molecule has 150 valence electrons. The molecule has 1 aliphatic rings. The predicted molar refractivity (Wildman–Crippen MR) is 117 cm³/mol.